The minimum atomic E-state index is -0.0889. The average molecular weight is 341 g/mol. The van der Waals surface area contributed by atoms with Crippen LogP contribution < -0.4 is 15.0 Å². The highest BCUT2D eigenvalue weighted by molar-refractivity contribution is 5.77. The summed E-state index contributed by atoms with van der Waals surface area (Å²) in [5.41, 5.74) is 2.36. The van der Waals surface area contributed by atoms with E-state index < -0.39 is 0 Å². The molecule has 25 heavy (non-hydrogen) atoms. The molecule has 1 amide bonds. The number of quaternary nitrogens is 1. The maximum Gasteiger partial charge on any atom is 0.257 e. The number of benzene rings is 2. The molecule has 134 valence electrons. The van der Waals surface area contributed by atoms with Crippen molar-refractivity contribution in [3.05, 3.63) is 54.6 Å². The zero-order valence-corrected chi connectivity index (χ0v) is 15.6. The minimum absolute atomic E-state index is 0.0373. The molecule has 0 saturated heterocycles. The first-order chi connectivity index (χ1) is 11.9. The van der Waals surface area contributed by atoms with Gasteiger partial charge in [-0.05, 0) is 23.3 Å². The summed E-state index contributed by atoms with van der Waals surface area (Å²) >= 11 is 0. The number of hydrogen-bond donors (Lipinski definition) is 2. The molecule has 0 saturated carbocycles. The first-order valence-electron chi connectivity index (χ1n) is 8.70. The van der Waals surface area contributed by atoms with Crippen LogP contribution in [0.1, 0.15) is 13.8 Å². The van der Waals surface area contributed by atoms with Gasteiger partial charge in [0.25, 0.3) is 5.91 Å². The molecule has 0 aliphatic heterocycles. The molecule has 0 radical (unpaired) electrons. The lowest BCUT2D eigenvalue weighted by Gasteiger charge is -2.26. The van der Waals surface area contributed by atoms with Crippen molar-refractivity contribution >= 4 is 5.91 Å². The molecule has 0 heterocycles. The van der Waals surface area contributed by atoms with E-state index in [1.807, 2.05) is 42.5 Å². The third-order valence-corrected chi connectivity index (χ3v) is 3.93. The second-order valence-electron chi connectivity index (χ2n) is 7.50. The third-order valence-electron chi connectivity index (χ3n) is 3.93. The van der Waals surface area contributed by atoms with Gasteiger partial charge in [0, 0.05) is 12.0 Å². The summed E-state index contributed by atoms with van der Waals surface area (Å²) in [6.07, 6.45) is 0. The standard InChI is InChI=1S/C21H28N2O2/c1-21(2,16-23(3)4)15-22-20(24)14-25-19-12-10-18(11-13-19)17-8-6-5-7-9-17/h5-13H,14-16H2,1-4H3,(H,22,24)/p+1. The summed E-state index contributed by atoms with van der Waals surface area (Å²) in [7, 11) is 4.23. The summed E-state index contributed by atoms with van der Waals surface area (Å²) in [5.74, 6) is 0.612. The molecule has 0 spiro atoms. The SMILES string of the molecule is C[NH+](C)CC(C)(C)CNC(=O)COc1ccc(-c2ccccc2)cc1. The van der Waals surface area contributed by atoms with Crippen LogP contribution in [0.2, 0.25) is 0 Å². The van der Waals surface area contributed by atoms with Crippen LogP contribution in [0.15, 0.2) is 54.6 Å². The second-order valence-corrected chi connectivity index (χ2v) is 7.50. The molecule has 0 bridgehead atoms. The molecule has 0 unspecified atom stereocenters. The van der Waals surface area contributed by atoms with Crippen molar-refractivity contribution in [1.29, 1.82) is 0 Å². The Morgan fingerprint density at radius 3 is 2.20 bits per heavy atom. The lowest BCUT2D eigenvalue weighted by atomic mass is 9.93. The molecule has 2 N–H and O–H groups in total. The Balaban J connectivity index is 1.80. The molecule has 4 nitrogen and oxygen atoms in total. The fraction of sp³-hybridized carbons (Fsp3) is 0.381. The molecule has 2 rings (SSSR count). The second kappa shape index (κ2) is 8.67. The van der Waals surface area contributed by atoms with Crippen molar-refractivity contribution < 1.29 is 14.4 Å². The summed E-state index contributed by atoms with van der Waals surface area (Å²) in [5, 5.41) is 2.96. The molecule has 0 aromatic heterocycles. The predicted molar refractivity (Wildman–Crippen MR) is 102 cm³/mol. The van der Waals surface area contributed by atoms with Gasteiger partial charge < -0.3 is 15.0 Å². The number of ether oxygens (including phenoxy) is 1. The van der Waals surface area contributed by atoms with Gasteiger partial charge in [-0.3, -0.25) is 4.79 Å². The zero-order chi connectivity index (χ0) is 18.3. The molecule has 2 aromatic rings. The molecule has 0 fully saturated rings. The van der Waals surface area contributed by atoms with Crippen LogP contribution in [-0.4, -0.2) is 39.7 Å². The largest absolute Gasteiger partial charge is 0.484 e. The van der Waals surface area contributed by atoms with E-state index in [4.69, 9.17) is 4.74 Å². The highest BCUT2D eigenvalue weighted by Gasteiger charge is 2.22. The van der Waals surface area contributed by atoms with Crippen LogP contribution in [0.5, 0.6) is 5.75 Å². The Kier molecular flexibility index (Phi) is 6.59. The van der Waals surface area contributed by atoms with Gasteiger partial charge >= 0.3 is 0 Å². The number of carbonyl (C=O) groups excluding carboxylic acids is 1. The van der Waals surface area contributed by atoms with Crippen molar-refractivity contribution in [2.45, 2.75) is 13.8 Å². The Morgan fingerprint density at radius 1 is 1.00 bits per heavy atom. The molecule has 4 heteroatoms. The number of nitrogens with one attached hydrogen (secondary N) is 2. The smallest absolute Gasteiger partial charge is 0.257 e. The van der Waals surface area contributed by atoms with E-state index in [1.165, 1.54) is 4.90 Å². The lowest BCUT2D eigenvalue weighted by molar-refractivity contribution is -0.865. The molecule has 0 aliphatic carbocycles. The number of rotatable bonds is 8. The zero-order valence-electron chi connectivity index (χ0n) is 15.6. The highest BCUT2D eigenvalue weighted by atomic mass is 16.5. The first kappa shape index (κ1) is 19.0. The molecule has 0 aliphatic rings. The summed E-state index contributed by atoms with van der Waals surface area (Å²) in [6, 6.07) is 18.0. The maximum atomic E-state index is 12.0. The fourth-order valence-corrected chi connectivity index (χ4v) is 2.93. The van der Waals surface area contributed by atoms with E-state index in [1.54, 1.807) is 0 Å². The fourth-order valence-electron chi connectivity index (χ4n) is 2.93. The Bertz CT molecular complexity index is 664. The topological polar surface area (TPSA) is 42.8 Å². The Hall–Kier alpha value is -2.33. The van der Waals surface area contributed by atoms with Crippen molar-refractivity contribution in [2.75, 3.05) is 33.8 Å². The molecular formula is C21H29N2O2+. The van der Waals surface area contributed by atoms with Crippen molar-refractivity contribution in [2.24, 2.45) is 5.41 Å². The summed E-state index contributed by atoms with van der Waals surface area (Å²) in [6.45, 7) is 5.99. The number of hydrogen-bond acceptors (Lipinski definition) is 2. The number of carbonyl (C=O) groups is 1. The van der Waals surface area contributed by atoms with E-state index in [9.17, 15) is 4.79 Å². The lowest BCUT2D eigenvalue weighted by Crippen LogP contribution is -3.07. The average Bonchev–Trinajstić information content (AvgIpc) is 2.58. The third kappa shape index (κ3) is 6.59. The summed E-state index contributed by atoms with van der Waals surface area (Å²) < 4.78 is 5.59. The molecule has 2 aromatic carbocycles. The van der Waals surface area contributed by atoms with Gasteiger partial charge in [-0.2, -0.15) is 0 Å². The van der Waals surface area contributed by atoms with Gasteiger partial charge in [0.1, 0.15) is 5.75 Å². The summed E-state index contributed by atoms with van der Waals surface area (Å²) in [4.78, 5) is 13.4. The van der Waals surface area contributed by atoms with E-state index in [2.05, 4.69) is 45.4 Å². The van der Waals surface area contributed by atoms with Crippen LogP contribution in [0.25, 0.3) is 11.1 Å². The Labute approximate surface area is 150 Å². The van der Waals surface area contributed by atoms with Crippen molar-refractivity contribution in [3.63, 3.8) is 0 Å². The van der Waals surface area contributed by atoms with E-state index in [0.29, 0.717) is 12.3 Å². The van der Waals surface area contributed by atoms with Gasteiger partial charge in [-0.1, -0.05) is 56.3 Å². The van der Waals surface area contributed by atoms with Crippen LogP contribution in [0.4, 0.5) is 0 Å². The van der Waals surface area contributed by atoms with Crippen LogP contribution >= 0.6 is 0 Å². The maximum absolute atomic E-state index is 12.0. The van der Waals surface area contributed by atoms with Crippen LogP contribution in [0, 0.1) is 5.41 Å². The van der Waals surface area contributed by atoms with E-state index in [0.717, 1.165) is 17.7 Å². The number of amides is 1. The van der Waals surface area contributed by atoms with Gasteiger partial charge in [0.05, 0.1) is 20.6 Å². The van der Waals surface area contributed by atoms with Crippen LogP contribution in [-0.2, 0) is 4.79 Å². The monoisotopic (exact) mass is 341 g/mol. The molecule has 0 atom stereocenters. The van der Waals surface area contributed by atoms with E-state index >= 15 is 0 Å². The molecular weight excluding hydrogens is 312 g/mol. The predicted octanol–water partition coefficient (Wildman–Crippen LogP) is 2.02. The van der Waals surface area contributed by atoms with Gasteiger partial charge in [-0.25, -0.2) is 0 Å². The highest BCUT2D eigenvalue weighted by Crippen LogP contribution is 2.21. The van der Waals surface area contributed by atoms with Crippen molar-refractivity contribution in [3.8, 4) is 16.9 Å². The first-order valence-corrected chi connectivity index (χ1v) is 8.70. The van der Waals surface area contributed by atoms with Gasteiger partial charge in [0.15, 0.2) is 6.61 Å². The van der Waals surface area contributed by atoms with E-state index in [-0.39, 0.29) is 17.9 Å². The van der Waals surface area contributed by atoms with Gasteiger partial charge in [0.2, 0.25) is 0 Å². The normalized spacial score (nSPS) is 11.4. The van der Waals surface area contributed by atoms with Crippen LogP contribution in [0.3, 0.4) is 0 Å². The Morgan fingerprint density at radius 2 is 1.60 bits per heavy atom. The van der Waals surface area contributed by atoms with Gasteiger partial charge in [-0.15, -0.1) is 0 Å². The minimum Gasteiger partial charge on any atom is -0.484 e. The van der Waals surface area contributed by atoms with Crippen molar-refractivity contribution in [1.82, 2.24) is 5.32 Å². The quantitative estimate of drug-likeness (QED) is 0.771.